The van der Waals surface area contributed by atoms with Gasteiger partial charge in [0.1, 0.15) is 17.5 Å². The highest BCUT2D eigenvalue weighted by molar-refractivity contribution is 6.06. The van der Waals surface area contributed by atoms with Crippen LogP contribution in [0.15, 0.2) is 66.7 Å². The van der Waals surface area contributed by atoms with E-state index in [2.05, 4.69) is 16.0 Å². The highest BCUT2D eigenvalue weighted by Gasteiger charge is 2.24. The van der Waals surface area contributed by atoms with Crippen molar-refractivity contribution in [1.82, 2.24) is 9.97 Å². The maximum Gasteiger partial charge on any atom is 0.151 e. The number of rotatable bonds is 3. The summed E-state index contributed by atoms with van der Waals surface area (Å²) in [6.07, 6.45) is 2.19. The zero-order valence-electron chi connectivity index (χ0n) is 16.5. The van der Waals surface area contributed by atoms with Gasteiger partial charge in [-0.3, -0.25) is 0 Å². The zero-order valence-corrected chi connectivity index (χ0v) is 16.5. The monoisotopic (exact) mass is 391 g/mol. The summed E-state index contributed by atoms with van der Waals surface area (Å²) in [5, 5.41) is 10.8. The first kappa shape index (κ1) is 18.1. The Labute approximate surface area is 175 Å². The average Bonchev–Trinajstić information content (AvgIpc) is 3.34. The molecule has 5 rings (SSSR count). The molecule has 4 aromatic rings. The second-order valence-electron chi connectivity index (χ2n) is 7.51. The van der Waals surface area contributed by atoms with Crippen molar-refractivity contribution in [2.24, 2.45) is 0 Å². The smallest absolute Gasteiger partial charge is 0.151 e. The van der Waals surface area contributed by atoms with E-state index in [4.69, 9.17) is 10.7 Å². The van der Waals surface area contributed by atoms with Crippen LogP contribution in [0.4, 0.5) is 11.6 Å². The SMILES string of the molecule is N#Cc1c(N2CCCC2)nc(N)c2c(-c3ccccc3)cc(-c3ccccc3)nc12. The summed E-state index contributed by atoms with van der Waals surface area (Å²) in [6, 6.07) is 24.5. The van der Waals surface area contributed by atoms with Crippen LogP contribution in [-0.4, -0.2) is 23.1 Å². The van der Waals surface area contributed by atoms with Gasteiger partial charge in [0.2, 0.25) is 0 Å². The van der Waals surface area contributed by atoms with Crippen molar-refractivity contribution >= 4 is 22.5 Å². The molecule has 0 aliphatic carbocycles. The van der Waals surface area contributed by atoms with Gasteiger partial charge < -0.3 is 10.6 Å². The van der Waals surface area contributed by atoms with Gasteiger partial charge in [-0.15, -0.1) is 0 Å². The third-order valence-electron chi connectivity index (χ3n) is 5.63. The van der Waals surface area contributed by atoms with Gasteiger partial charge in [-0.2, -0.15) is 5.26 Å². The largest absolute Gasteiger partial charge is 0.383 e. The van der Waals surface area contributed by atoms with E-state index in [9.17, 15) is 5.26 Å². The first-order chi connectivity index (χ1) is 14.8. The molecule has 1 saturated heterocycles. The van der Waals surface area contributed by atoms with E-state index in [1.54, 1.807) is 0 Å². The molecule has 5 nitrogen and oxygen atoms in total. The maximum atomic E-state index is 10.1. The van der Waals surface area contributed by atoms with E-state index in [1.807, 2.05) is 66.7 Å². The topological polar surface area (TPSA) is 78.8 Å². The number of fused-ring (bicyclic) bond motifs is 1. The summed E-state index contributed by atoms with van der Waals surface area (Å²) in [6.45, 7) is 1.77. The lowest BCUT2D eigenvalue weighted by molar-refractivity contribution is 0.938. The van der Waals surface area contributed by atoms with Crippen molar-refractivity contribution < 1.29 is 0 Å². The van der Waals surface area contributed by atoms with Crippen LogP contribution < -0.4 is 10.6 Å². The van der Waals surface area contributed by atoms with Gasteiger partial charge in [-0.05, 0) is 30.0 Å². The van der Waals surface area contributed by atoms with Crippen molar-refractivity contribution in [3.8, 4) is 28.5 Å². The lowest BCUT2D eigenvalue weighted by Crippen LogP contribution is -2.21. The number of nitrogens with zero attached hydrogens (tertiary/aromatic N) is 4. The Bertz CT molecular complexity index is 1250. The molecule has 2 aromatic heterocycles. The van der Waals surface area contributed by atoms with Crippen LogP contribution in [0.2, 0.25) is 0 Å². The molecule has 0 amide bonds. The van der Waals surface area contributed by atoms with Gasteiger partial charge in [-0.25, -0.2) is 9.97 Å². The highest BCUT2D eigenvalue weighted by Crippen LogP contribution is 2.39. The molecule has 146 valence electrons. The number of nitrogens with two attached hydrogens (primary N) is 1. The Morgan fingerprint density at radius 3 is 2.13 bits per heavy atom. The fourth-order valence-corrected chi connectivity index (χ4v) is 4.18. The maximum absolute atomic E-state index is 10.1. The first-order valence-electron chi connectivity index (χ1n) is 10.2. The van der Waals surface area contributed by atoms with Crippen molar-refractivity contribution in [2.45, 2.75) is 12.8 Å². The highest BCUT2D eigenvalue weighted by atomic mass is 15.2. The molecule has 3 heterocycles. The van der Waals surface area contributed by atoms with Crippen molar-refractivity contribution in [3.05, 3.63) is 72.3 Å². The number of hydrogen-bond donors (Lipinski definition) is 1. The molecule has 2 aromatic carbocycles. The Morgan fingerprint density at radius 2 is 1.50 bits per heavy atom. The fraction of sp³-hybridized carbons (Fsp3) is 0.160. The summed E-state index contributed by atoms with van der Waals surface area (Å²) in [5.74, 6) is 1.06. The molecule has 0 saturated carbocycles. The summed E-state index contributed by atoms with van der Waals surface area (Å²) in [4.78, 5) is 11.8. The van der Waals surface area contributed by atoms with Crippen LogP contribution in [0.1, 0.15) is 18.4 Å². The second kappa shape index (κ2) is 7.49. The predicted molar refractivity (Wildman–Crippen MR) is 121 cm³/mol. The van der Waals surface area contributed by atoms with Crippen LogP contribution >= 0.6 is 0 Å². The molecule has 2 N–H and O–H groups in total. The van der Waals surface area contributed by atoms with Crippen molar-refractivity contribution in [1.29, 1.82) is 5.26 Å². The van der Waals surface area contributed by atoms with Crippen LogP contribution in [0, 0.1) is 11.3 Å². The molecule has 0 bridgehead atoms. The van der Waals surface area contributed by atoms with E-state index in [1.165, 1.54) is 0 Å². The van der Waals surface area contributed by atoms with Crippen LogP contribution in [0.5, 0.6) is 0 Å². The molecule has 0 atom stereocenters. The van der Waals surface area contributed by atoms with Gasteiger partial charge >= 0.3 is 0 Å². The second-order valence-corrected chi connectivity index (χ2v) is 7.51. The molecule has 1 aliphatic heterocycles. The minimum Gasteiger partial charge on any atom is -0.383 e. The third-order valence-corrected chi connectivity index (χ3v) is 5.63. The number of anilines is 2. The molecule has 0 unspecified atom stereocenters. The van der Waals surface area contributed by atoms with E-state index < -0.39 is 0 Å². The summed E-state index contributed by atoms with van der Waals surface area (Å²) in [5.41, 5.74) is 11.4. The molecule has 5 heteroatoms. The summed E-state index contributed by atoms with van der Waals surface area (Å²) >= 11 is 0. The first-order valence-corrected chi connectivity index (χ1v) is 10.2. The quantitative estimate of drug-likeness (QED) is 0.531. The van der Waals surface area contributed by atoms with E-state index in [-0.39, 0.29) is 0 Å². The Kier molecular flexibility index (Phi) is 4.53. The Hall–Kier alpha value is -3.91. The molecule has 1 fully saturated rings. The van der Waals surface area contributed by atoms with E-state index >= 15 is 0 Å². The van der Waals surface area contributed by atoms with Crippen LogP contribution in [0.3, 0.4) is 0 Å². The lowest BCUT2D eigenvalue weighted by atomic mass is 9.97. The number of nitriles is 1. The van der Waals surface area contributed by atoms with E-state index in [0.29, 0.717) is 22.7 Å². The number of hydrogen-bond acceptors (Lipinski definition) is 5. The molecule has 30 heavy (non-hydrogen) atoms. The Balaban J connectivity index is 1.87. The average molecular weight is 391 g/mol. The summed E-state index contributed by atoms with van der Waals surface area (Å²) < 4.78 is 0. The normalized spacial score (nSPS) is 13.5. The van der Waals surface area contributed by atoms with Gasteiger partial charge in [0.15, 0.2) is 5.82 Å². The summed E-state index contributed by atoms with van der Waals surface area (Å²) in [7, 11) is 0. The standard InChI is InChI=1S/C25H21N5/c26-16-20-23-22(24(27)29-25(20)30-13-7-8-14-30)19(17-9-3-1-4-10-17)15-21(28-23)18-11-5-2-6-12-18/h1-6,9-12,15H,7-8,13-14H2,(H2,27,29). The van der Waals surface area contributed by atoms with Gasteiger partial charge in [-0.1, -0.05) is 60.7 Å². The molecule has 0 radical (unpaired) electrons. The van der Waals surface area contributed by atoms with Gasteiger partial charge in [0.25, 0.3) is 0 Å². The molecular formula is C25H21N5. The predicted octanol–water partition coefficient (Wildman–Crippen LogP) is 5.02. The number of aromatic nitrogens is 2. The molecular weight excluding hydrogens is 370 g/mol. The van der Waals surface area contributed by atoms with Crippen LogP contribution in [0.25, 0.3) is 33.3 Å². The van der Waals surface area contributed by atoms with E-state index in [0.717, 1.165) is 53.7 Å². The van der Waals surface area contributed by atoms with Gasteiger partial charge in [0.05, 0.1) is 16.6 Å². The third kappa shape index (κ3) is 3.03. The van der Waals surface area contributed by atoms with Gasteiger partial charge in [0, 0.05) is 18.7 Å². The number of nitrogen functional groups attached to an aromatic ring is 1. The molecule has 1 aliphatic rings. The Morgan fingerprint density at radius 1 is 0.867 bits per heavy atom. The number of benzene rings is 2. The lowest BCUT2D eigenvalue weighted by Gasteiger charge is -2.21. The minimum absolute atomic E-state index is 0.414. The molecule has 0 spiro atoms. The number of pyridine rings is 2. The van der Waals surface area contributed by atoms with Crippen LogP contribution in [-0.2, 0) is 0 Å². The van der Waals surface area contributed by atoms with Crippen molar-refractivity contribution in [3.63, 3.8) is 0 Å². The van der Waals surface area contributed by atoms with Crippen molar-refractivity contribution in [2.75, 3.05) is 23.7 Å². The minimum atomic E-state index is 0.414. The fourth-order valence-electron chi connectivity index (χ4n) is 4.18. The zero-order chi connectivity index (χ0) is 20.5.